The molecule has 0 aliphatic heterocycles. The molecule has 4 rings (SSSR count). The minimum Gasteiger partial charge on any atom is -0.0620 e. The molecule has 4 aromatic rings. The molecule has 0 aromatic heterocycles. The second kappa shape index (κ2) is 7.73. The third-order valence-electron chi connectivity index (χ3n) is 4.64. The number of hydrogen-bond acceptors (Lipinski definition) is 0. The maximum absolute atomic E-state index is 2.38. The molecule has 0 nitrogen and oxygen atoms in total. The molecule has 26 heavy (non-hydrogen) atoms. The van der Waals surface area contributed by atoms with Crippen LogP contribution in [-0.2, 0) is 0 Å². The molecule has 0 saturated carbocycles. The topological polar surface area (TPSA) is 0 Å². The Labute approximate surface area is 169 Å². The summed E-state index contributed by atoms with van der Waals surface area (Å²) in [7, 11) is -1.93. The van der Waals surface area contributed by atoms with Gasteiger partial charge in [0.05, 0.1) is 0 Å². The molecule has 0 aliphatic carbocycles. The first kappa shape index (κ1) is 17.5. The van der Waals surface area contributed by atoms with Crippen LogP contribution >= 0.6 is 29.9 Å². The van der Waals surface area contributed by atoms with Crippen molar-refractivity contribution in [1.29, 1.82) is 0 Å². The van der Waals surface area contributed by atoms with Gasteiger partial charge in [0.15, 0.2) is 0 Å². The van der Waals surface area contributed by atoms with E-state index in [1.54, 1.807) is 0 Å². The summed E-state index contributed by atoms with van der Waals surface area (Å²) in [5.41, 5.74) is 0. The Morgan fingerprint density at radius 3 is 1.04 bits per heavy atom. The Morgan fingerprint density at radius 1 is 0.385 bits per heavy atom. The van der Waals surface area contributed by atoms with Crippen molar-refractivity contribution in [2.24, 2.45) is 0 Å². The number of hydrogen-bond donors (Lipinski definition) is 0. The molecule has 0 unspecified atom stereocenters. The molecule has 0 atom stereocenters. The van der Waals surface area contributed by atoms with Gasteiger partial charge < -0.3 is 0 Å². The van der Waals surface area contributed by atoms with Crippen LogP contribution in [0.1, 0.15) is 0 Å². The van der Waals surface area contributed by atoms with E-state index in [1.165, 1.54) is 24.8 Å². The zero-order chi connectivity index (χ0) is 17.8. The summed E-state index contributed by atoms with van der Waals surface area (Å²) in [5.74, 6) is 0. The smallest absolute Gasteiger partial charge is 0.0620 e. The van der Waals surface area contributed by atoms with E-state index >= 15 is 0 Å². The molecule has 0 amide bonds. The van der Waals surface area contributed by atoms with Gasteiger partial charge in [-0.15, -0.1) is 0 Å². The lowest BCUT2D eigenvalue weighted by molar-refractivity contribution is 1.67. The normalized spacial score (nSPS) is 11.3. The summed E-state index contributed by atoms with van der Waals surface area (Å²) in [4.78, 5) is 0. The third-order valence-corrected chi connectivity index (χ3v) is 9.65. The van der Waals surface area contributed by atoms with Crippen LogP contribution in [0.2, 0.25) is 0 Å². The first-order chi connectivity index (χ1) is 12.8. The maximum atomic E-state index is 2.38. The van der Waals surface area contributed by atoms with Crippen LogP contribution in [0.15, 0.2) is 115 Å². The molecule has 0 saturated heterocycles. The Morgan fingerprint density at radius 2 is 0.692 bits per heavy atom. The highest BCUT2D eigenvalue weighted by atomic mass is 125. The summed E-state index contributed by atoms with van der Waals surface area (Å²) in [6.45, 7) is 0. The zero-order valence-corrected chi connectivity index (χ0v) is 17.3. The fourth-order valence-corrected chi connectivity index (χ4v) is 8.12. The predicted octanol–water partition coefficient (Wildman–Crippen LogP) is 4.91. The quantitative estimate of drug-likeness (QED) is 0.298. The molecule has 0 radical (unpaired) electrons. The van der Waals surface area contributed by atoms with Crippen molar-refractivity contribution in [1.82, 2.24) is 0 Å². The van der Waals surface area contributed by atoms with Crippen molar-refractivity contribution in [3.05, 3.63) is 119 Å². The number of halogens is 1. The van der Waals surface area contributed by atoms with E-state index in [1.807, 2.05) is 0 Å². The Hall–Kier alpha value is -1.96. The summed E-state index contributed by atoms with van der Waals surface area (Å²) >= 11 is 2.38. The lowest BCUT2D eigenvalue weighted by Crippen LogP contribution is -2.38. The minimum atomic E-state index is -1.93. The van der Waals surface area contributed by atoms with E-state index in [4.69, 9.17) is 0 Å². The van der Waals surface area contributed by atoms with E-state index in [-0.39, 0.29) is 0 Å². The average Bonchev–Trinajstić information content (AvgIpc) is 2.72. The molecule has 0 bridgehead atoms. The number of rotatable bonds is 4. The van der Waals surface area contributed by atoms with Gasteiger partial charge in [0.2, 0.25) is 0 Å². The van der Waals surface area contributed by atoms with Crippen molar-refractivity contribution < 1.29 is 0 Å². The molecule has 0 N–H and O–H groups in total. The third kappa shape index (κ3) is 3.11. The molecule has 0 heterocycles. The highest BCUT2D eigenvalue weighted by Crippen LogP contribution is 2.54. The highest BCUT2D eigenvalue weighted by molar-refractivity contribution is 14.1. The SMILES string of the molecule is [125I]c1ccc([P+](c2ccccc2)(c2ccccc2)c2ccccc2)cc1. The lowest BCUT2D eigenvalue weighted by atomic mass is 10.3. The van der Waals surface area contributed by atoms with Gasteiger partial charge in [-0.1, -0.05) is 54.6 Å². The second-order valence-electron chi connectivity index (χ2n) is 6.15. The van der Waals surface area contributed by atoms with Crippen LogP contribution in [0.25, 0.3) is 0 Å². The summed E-state index contributed by atoms with van der Waals surface area (Å²) in [6, 6.07) is 42.0. The van der Waals surface area contributed by atoms with Gasteiger partial charge in [-0.05, 0) is 83.3 Å². The van der Waals surface area contributed by atoms with Crippen LogP contribution in [0.4, 0.5) is 0 Å². The standard InChI is InChI=1S/C24H19IP/c25-20-16-18-24(19-17-20)26(21-10-4-1-5-11-21,22-12-6-2-7-13-22)23-14-8-3-9-15-23/h1-19H/q+1/i25-2. The summed E-state index contributed by atoms with van der Waals surface area (Å²) in [6.07, 6.45) is 0. The average molecular weight is 463 g/mol. The second-order valence-corrected chi connectivity index (χ2v) is 10.8. The van der Waals surface area contributed by atoms with Gasteiger partial charge in [0.1, 0.15) is 28.5 Å². The molecule has 126 valence electrons. The van der Waals surface area contributed by atoms with E-state index in [0.29, 0.717) is 0 Å². The van der Waals surface area contributed by atoms with E-state index in [0.717, 1.165) is 0 Å². The van der Waals surface area contributed by atoms with Crippen molar-refractivity contribution in [3.8, 4) is 0 Å². The van der Waals surface area contributed by atoms with Crippen molar-refractivity contribution in [2.75, 3.05) is 0 Å². The molecular formula is C24H19IP+. The maximum Gasteiger partial charge on any atom is 0.144 e. The fourth-order valence-electron chi connectivity index (χ4n) is 3.51. The van der Waals surface area contributed by atoms with Gasteiger partial charge in [0.25, 0.3) is 0 Å². The van der Waals surface area contributed by atoms with Crippen LogP contribution < -0.4 is 21.2 Å². The lowest BCUT2D eigenvalue weighted by Gasteiger charge is -2.27. The first-order valence-electron chi connectivity index (χ1n) is 8.64. The highest BCUT2D eigenvalue weighted by Gasteiger charge is 2.47. The minimum absolute atomic E-state index is 1.26. The van der Waals surface area contributed by atoms with Crippen LogP contribution in [0.5, 0.6) is 0 Å². The van der Waals surface area contributed by atoms with Gasteiger partial charge in [-0.2, -0.15) is 0 Å². The predicted molar refractivity (Wildman–Crippen MR) is 124 cm³/mol. The number of benzene rings is 4. The largest absolute Gasteiger partial charge is 0.144 e. The van der Waals surface area contributed by atoms with Gasteiger partial charge in [-0.3, -0.25) is 0 Å². The molecule has 0 fully saturated rings. The summed E-state index contributed by atoms with van der Waals surface area (Å²) in [5, 5.41) is 5.55. The van der Waals surface area contributed by atoms with Gasteiger partial charge >= 0.3 is 0 Å². The van der Waals surface area contributed by atoms with E-state index in [2.05, 4.69) is 138 Å². The van der Waals surface area contributed by atoms with Crippen LogP contribution in [-0.4, -0.2) is 0 Å². The summed E-state index contributed by atoms with van der Waals surface area (Å²) < 4.78 is 1.26. The molecule has 2 heteroatoms. The van der Waals surface area contributed by atoms with Gasteiger partial charge in [-0.25, -0.2) is 0 Å². The molecule has 0 aliphatic rings. The molecular weight excluding hydrogens is 444 g/mol. The fraction of sp³-hybridized carbons (Fsp3) is 0. The van der Waals surface area contributed by atoms with Crippen LogP contribution in [0, 0.1) is 3.57 Å². The zero-order valence-electron chi connectivity index (χ0n) is 14.3. The van der Waals surface area contributed by atoms with E-state index < -0.39 is 7.26 Å². The van der Waals surface area contributed by atoms with E-state index in [9.17, 15) is 0 Å². The molecule has 4 aromatic carbocycles. The van der Waals surface area contributed by atoms with Crippen molar-refractivity contribution in [3.63, 3.8) is 0 Å². The Bertz CT molecular complexity index is 868. The van der Waals surface area contributed by atoms with Gasteiger partial charge in [0, 0.05) is 3.57 Å². The molecule has 0 spiro atoms. The van der Waals surface area contributed by atoms with Crippen molar-refractivity contribution >= 4 is 51.1 Å². The first-order valence-corrected chi connectivity index (χ1v) is 11.5. The van der Waals surface area contributed by atoms with Crippen molar-refractivity contribution in [2.45, 2.75) is 0 Å². The Balaban J connectivity index is 2.12. The monoisotopic (exact) mass is 463 g/mol. The Kier molecular flexibility index (Phi) is 5.19. The van der Waals surface area contributed by atoms with Crippen LogP contribution in [0.3, 0.4) is 0 Å².